The highest BCUT2D eigenvalue weighted by Crippen LogP contribution is 2.30. The van der Waals surface area contributed by atoms with Gasteiger partial charge in [-0.05, 0) is 12.1 Å². The lowest BCUT2D eigenvalue weighted by atomic mass is 10.3. The minimum Gasteiger partial charge on any atom is -0.334 e. The Kier molecular flexibility index (Phi) is 2.76. The van der Waals surface area contributed by atoms with Crippen LogP contribution in [0.1, 0.15) is 0 Å². The zero-order valence-corrected chi connectivity index (χ0v) is 10.2. The fraction of sp³-hybridized carbons (Fsp3) is 0. The van der Waals surface area contributed by atoms with E-state index in [1.807, 2.05) is 6.07 Å². The zero-order valence-electron chi connectivity index (χ0n) is 9.39. The van der Waals surface area contributed by atoms with Gasteiger partial charge < -0.3 is 4.52 Å². The molecule has 3 rings (SSSR count). The van der Waals surface area contributed by atoms with E-state index in [1.54, 1.807) is 23.7 Å². The van der Waals surface area contributed by atoms with Crippen molar-refractivity contribution in [3.63, 3.8) is 0 Å². The first-order valence-electron chi connectivity index (χ1n) is 5.22. The van der Waals surface area contributed by atoms with Crippen LogP contribution >= 0.6 is 11.3 Å². The van der Waals surface area contributed by atoms with Gasteiger partial charge in [0.2, 0.25) is 5.82 Å². The van der Waals surface area contributed by atoms with Gasteiger partial charge in [-0.15, -0.1) is 0 Å². The number of thiophene rings is 1. The molecular weight excluding hydrogens is 268 g/mol. The van der Waals surface area contributed by atoms with Gasteiger partial charge in [0.1, 0.15) is 5.69 Å². The van der Waals surface area contributed by atoms with E-state index in [0.717, 1.165) is 11.3 Å². The van der Waals surface area contributed by atoms with Gasteiger partial charge in [0.25, 0.3) is 5.89 Å². The summed E-state index contributed by atoms with van der Waals surface area (Å²) in [5.41, 5.74) is 1.12. The van der Waals surface area contributed by atoms with Crippen molar-refractivity contribution >= 4 is 16.3 Å². The van der Waals surface area contributed by atoms with Gasteiger partial charge in [0.05, 0.1) is 10.5 Å². The molecule has 3 heterocycles. The van der Waals surface area contributed by atoms with Crippen LogP contribution < -0.4 is 0 Å². The summed E-state index contributed by atoms with van der Waals surface area (Å²) < 4.78 is 5.08. The Bertz CT molecular complexity index is 722. The molecule has 8 heteroatoms. The van der Waals surface area contributed by atoms with E-state index in [4.69, 9.17) is 4.52 Å². The Morgan fingerprint density at radius 2 is 2.26 bits per heavy atom. The van der Waals surface area contributed by atoms with Crippen molar-refractivity contribution in [2.45, 2.75) is 0 Å². The third-order valence-electron chi connectivity index (χ3n) is 2.33. The summed E-state index contributed by atoms with van der Waals surface area (Å²) >= 11 is 1.02. The van der Waals surface area contributed by atoms with Crippen LogP contribution in [0.4, 0.5) is 5.00 Å². The molecule has 0 aliphatic rings. The van der Waals surface area contributed by atoms with Gasteiger partial charge in [-0.2, -0.15) is 4.98 Å². The first-order valence-corrected chi connectivity index (χ1v) is 6.10. The van der Waals surface area contributed by atoms with Crippen LogP contribution in [0.25, 0.3) is 23.0 Å². The Hall–Kier alpha value is -2.61. The second-order valence-corrected chi connectivity index (χ2v) is 4.46. The molecular formula is C11H6N4O3S. The molecule has 0 atom stereocenters. The Balaban J connectivity index is 1.94. The molecule has 0 unspecified atom stereocenters. The molecule has 0 bridgehead atoms. The first-order chi connectivity index (χ1) is 9.24. The Morgan fingerprint density at radius 3 is 2.95 bits per heavy atom. The highest BCUT2D eigenvalue weighted by molar-refractivity contribution is 7.13. The third kappa shape index (κ3) is 2.20. The minimum absolute atomic E-state index is 0.0348. The molecule has 0 saturated heterocycles. The number of hydrogen-bond acceptors (Lipinski definition) is 7. The normalized spacial score (nSPS) is 10.5. The first kappa shape index (κ1) is 11.5. The predicted octanol–water partition coefficient (Wildman–Crippen LogP) is 2.77. The van der Waals surface area contributed by atoms with Gasteiger partial charge in [0, 0.05) is 17.6 Å². The standard InChI is InChI=1S/C11H6N4O3S/c16-15(17)9-5-7(6-19-9)11-13-10(14-18-11)8-3-1-2-4-12-8/h1-6H. The van der Waals surface area contributed by atoms with Crippen LogP contribution in [0.2, 0.25) is 0 Å². The molecule has 0 aliphatic heterocycles. The lowest BCUT2D eigenvalue weighted by molar-refractivity contribution is -0.380. The quantitative estimate of drug-likeness (QED) is 0.538. The largest absolute Gasteiger partial charge is 0.334 e. The van der Waals surface area contributed by atoms with Crippen LogP contribution in [0.3, 0.4) is 0 Å². The van der Waals surface area contributed by atoms with Gasteiger partial charge in [-0.3, -0.25) is 15.1 Å². The molecule has 7 nitrogen and oxygen atoms in total. The summed E-state index contributed by atoms with van der Waals surface area (Å²) in [7, 11) is 0. The molecule has 0 spiro atoms. The number of rotatable bonds is 3. The van der Waals surface area contributed by atoms with Crippen LogP contribution in [0, 0.1) is 10.1 Å². The summed E-state index contributed by atoms with van der Waals surface area (Å²) in [5, 5.41) is 16.1. The van der Waals surface area contributed by atoms with E-state index < -0.39 is 4.92 Å². The SMILES string of the molecule is O=[N+]([O-])c1cc(-c2nc(-c3ccccn3)no2)cs1. The molecule has 0 amide bonds. The zero-order chi connectivity index (χ0) is 13.2. The highest BCUT2D eigenvalue weighted by atomic mass is 32.1. The molecule has 0 aliphatic carbocycles. The van der Waals surface area contributed by atoms with E-state index in [-0.39, 0.29) is 10.9 Å². The summed E-state index contributed by atoms with van der Waals surface area (Å²) in [6.07, 6.45) is 1.63. The number of nitro groups is 1. The number of nitrogens with zero attached hydrogens (tertiary/aromatic N) is 4. The maximum Gasteiger partial charge on any atom is 0.324 e. The summed E-state index contributed by atoms with van der Waals surface area (Å²) in [4.78, 5) is 18.4. The van der Waals surface area contributed by atoms with E-state index in [9.17, 15) is 10.1 Å². The Labute approximate surface area is 110 Å². The molecule has 0 fully saturated rings. The third-order valence-corrected chi connectivity index (χ3v) is 3.21. The maximum absolute atomic E-state index is 10.6. The monoisotopic (exact) mass is 274 g/mol. The number of pyridine rings is 1. The van der Waals surface area contributed by atoms with Crippen molar-refractivity contribution < 1.29 is 9.45 Å². The second kappa shape index (κ2) is 4.58. The molecule has 0 N–H and O–H groups in total. The molecule has 94 valence electrons. The van der Waals surface area contributed by atoms with Gasteiger partial charge >= 0.3 is 5.00 Å². The van der Waals surface area contributed by atoms with Gasteiger partial charge in [-0.25, -0.2) is 0 Å². The van der Waals surface area contributed by atoms with Crippen molar-refractivity contribution in [3.8, 4) is 23.0 Å². The maximum atomic E-state index is 10.6. The van der Waals surface area contributed by atoms with Crippen molar-refractivity contribution in [1.82, 2.24) is 15.1 Å². The van der Waals surface area contributed by atoms with Gasteiger partial charge in [-0.1, -0.05) is 22.6 Å². The molecule has 0 aromatic carbocycles. The van der Waals surface area contributed by atoms with E-state index in [1.165, 1.54) is 6.07 Å². The Morgan fingerprint density at radius 1 is 1.37 bits per heavy atom. The van der Waals surface area contributed by atoms with Crippen molar-refractivity contribution in [3.05, 3.63) is 46.0 Å². The van der Waals surface area contributed by atoms with Crippen molar-refractivity contribution in [2.75, 3.05) is 0 Å². The molecule has 0 radical (unpaired) electrons. The van der Waals surface area contributed by atoms with E-state index >= 15 is 0 Å². The average molecular weight is 274 g/mol. The predicted molar refractivity (Wildman–Crippen MR) is 67.5 cm³/mol. The van der Waals surface area contributed by atoms with E-state index in [0.29, 0.717) is 17.1 Å². The molecule has 3 aromatic rings. The van der Waals surface area contributed by atoms with Crippen LogP contribution in [0.15, 0.2) is 40.4 Å². The number of hydrogen-bond donors (Lipinski definition) is 0. The minimum atomic E-state index is -0.454. The van der Waals surface area contributed by atoms with Gasteiger partial charge in [0.15, 0.2) is 0 Å². The summed E-state index contributed by atoms with van der Waals surface area (Å²) in [6.45, 7) is 0. The smallest absolute Gasteiger partial charge is 0.324 e. The van der Waals surface area contributed by atoms with Crippen molar-refractivity contribution in [1.29, 1.82) is 0 Å². The molecule has 3 aromatic heterocycles. The highest BCUT2D eigenvalue weighted by Gasteiger charge is 2.16. The average Bonchev–Trinajstić information content (AvgIpc) is 3.09. The number of aromatic nitrogens is 3. The summed E-state index contributed by atoms with van der Waals surface area (Å²) in [6, 6.07) is 6.76. The fourth-order valence-electron chi connectivity index (χ4n) is 1.47. The topological polar surface area (TPSA) is 95.0 Å². The molecule has 19 heavy (non-hydrogen) atoms. The van der Waals surface area contributed by atoms with Crippen LogP contribution in [-0.2, 0) is 0 Å². The molecule has 0 saturated carbocycles. The lowest BCUT2D eigenvalue weighted by Gasteiger charge is -1.89. The summed E-state index contributed by atoms with van der Waals surface area (Å²) in [5.74, 6) is 0.592. The van der Waals surface area contributed by atoms with Crippen LogP contribution in [0.5, 0.6) is 0 Å². The van der Waals surface area contributed by atoms with Crippen LogP contribution in [-0.4, -0.2) is 20.0 Å². The fourth-order valence-corrected chi connectivity index (χ4v) is 2.17. The van der Waals surface area contributed by atoms with E-state index in [2.05, 4.69) is 15.1 Å². The van der Waals surface area contributed by atoms with Crippen molar-refractivity contribution in [2.24, 2.45) is 0 Å². The lowest BCUT2D eigenvalue weighted by Crippen LogP contribution is -1.84. The second-order valence-electron chi connectivity index (χ2n) is 3.57.